The van der Waals surface area contributed by atoms with Crippen LogP contribution >= 0.6 is 12.2 Å². The van der Waals surface area contributed by atoms with Crippen molar-refractivity contribution < 1.29 is 4.79 Å². The van der Waals surface area contributed by atoms with E-state index in [1.54, 1.807) is 11.0 Å². The van der Waals surface area contributed by atoms with Gasteiger partial charge in [0.1, 0.15) is 0 Å². The maximum absolute atomic E-state index is 13.4. The Kier molecular flexibility index (Phi) is 4.76. The molecule has 0 aliphatic heterocycles. The van der Waals surface area contributed by atoms with E-state index < -0.39 is 5.41 Å². The molecule has 2 heterocycles. The van der Waals surface area contributed by atoms with Crippen molar-refractivity contribution in [3.8, 4) is 0 Å². The van der Waals surface area contributed by atoms with E-state index >= 15 is 0 Å². The second-order valence-corrected chi connectivity index (χ2v) is 9.99. The molecule has 0 aromatic carbocycles. The minimum Gasteiger partial charge on any atom is -0.329 e. The number of thiocarbonyl (C=S) groups is 1. The number of carbonyl (C=O) groups excluding carboxylic acids is 1. The topological polar surface area (TPSA) is 115 Å². The van der Waals surface area contributed by atoms with Gasteiger partial charge < -0.3 is 5.32 Å². The lowest BCUT2D eigenvalue weighted by molar-refractivity contribution is -0.158. The van der Waals surface area contributed by atoms with Crippen molar-refractivity contribution in [1.29, 1.82) is 0 Å². The molecule has 166 valence electrons. The van der Waals surface area contributed by atoms with Crippen molar-refractivity contribution >= 4 is 28.9 Å². The number of aromatic nitrogens is 6. The van der Waals surface area contributed by atoms with E-state index in [-0.39, 0.29) is 11.4 Å². The molecule has 3 N–H and O–H groups in total. The second kappa shape index (κ2) is 7.25. The van der Waals surface area contributed by atoms with Crippen LogP contribution in [0.2, 0.25) is 0 Å². The Morgan fingerprint density at radius 2 is 1.97 bits per heavy atom. The van der Waals surface area contributed by atoms with Crippen molar-refractivity contribution in [2.24, 2.45) is 17.3 Å². The molecule has 6 rings (SSSR count). The lowest BCUT2D eigenvalue weighted by atomic mass is 9.46. The van der Waals surface area contributed by atoms with Crippen LogP contribution < -0.4 is 16.2 Å². The molecule has 4 aliphatic rings. The van der Waals surface area contributed by atoms with E-state index in [2.05, 4.69) is 36.7 Å². The van der Waals surface area contributed by atoms with Crippen molar-refractivity contribution in [3.63, 3.8) is 0 Å². The van der Waals surface area contributed by atoms with Crippen LogP contribution in [0, 0.1) is 31.1 Å². The maximum Gasteiger partial charge on any atom is 0.244 e. The first-order valence-corrected chi connectivity index (χ1v) is 11.4. The summed E-state index contributed by atoms with van der Waals surface area (Å²) in [7, 11) is 0. The van der Waals surface area contributed by atoms with E-state index in [0.29, 0.717) is 22.8 Å². The summed E-state index contributed by atoms with van der Waals surface area (Å²) in [6.07, 6.45) is 7.57. The fraction of sp³-hybridized carbons (Fsp3) is 0.700. The molecule has 4 fully saturated rings. The molecule has 0 unspecified atom stereocenters. The standard InChI is InChI=1S/C20H29N9OS/c1-4-28-12(2)16(10-21-28)22-18(31)25-24-17(30)19-6-14-5-15(7-19)9-20(8-14,11-19)29-26-13(3)23-27-29/h10,14-15H,4-9,11H2,1-3H3,(H,24,30)(H2,22,25,31)/t14-,15-,19?,20?/m0/s1. The average molecular weight is 444 g/mol. The number of amides is 1. The fourth-order valence-corrected chi connectivity index (χ4v) is 6.65. The minimum absolute atomic E-state index is 0.00735. The first kappa shape index (κ1) is 20.3. The molecule has 4 aliphatic carbocycles. The lowest BCUT2D eigenvalue weighted by Crippen LogP contribution is -2.63. The van der Waals surface area contributed by atoms with Gasteiger partial charge in [-0.25, -0.2) is 0 Å². The van der Waals surface area contributed by atoms with E-state index in [1.807, 2.05) is 25.5 Å². The van der Waals surface area contributed by atoms with Crippen LogP contribution in [0.4, 0.5) is 5.69 Å². The molecule has 2 aromatic heterocycles. The van der Waals surface area contributed by atoms with Gasteiger partial charge in [-0.1, -0.05) is 0 Å². The van der Waals surface area contributed by atoms with Gasteiger partial charge in [0.15, 0.2) is 10.9 Å². The Hall–Kier alpha value is -2.56. The van der Waals surface area contributed by atoms with Gasteiger partial charge >= 0.3 is 0 Å². The number of nitrogens with zero attached hydrogens (tertiary/aromatic N) is 6. The van der Waals surface area contributed by atoms with Crippen LogP contribution in [0.25, 0.3) is 0 Å². The molecule has 1 amide bonds. The largest absolute Gasteiger partial charge is 0.329 e. The zero-order valence-electron chi connectivity index (χ0n) is 18.2. The first-order chi connectivity index (χ1) is 14.8. The van der Waals surface area contributed by atoms with Gasteiger partial charge in [-0.15, -0.1) is 10.2 Å². The highest BCUT2D eigenvalue weighted by Gasteiger charge is 2.62. The van der Waals surface area contributed by atoms with Crippen molar-refractivity contribution in [3.05, 3.63) is 17.7 Å². The highest BCUT2D eigenvalue weighted by atomic mass is 32.1. The monoisotopic (exact) mass is 443 g/mol. The highest BCUT2D eigenvalue weighted by molar-refractivity contribution is 7.80. The predicted molar refractivity (Wildman–Crippen MR) is 118 cm³/mol. The summed E-state index contributed by atoms with van der Waals surface area (Å²) in [5.74, 6) is 1.72. The number of aryl methyl sites for hydroxylation is 2. The number of anilines is 1. The molecule has 0 saturated heterocycles. The van der Waals surface area contributed by atoms with Crippen LogP contribution in [0.1, 0.15) is 57.0 Å². The molecular formula is C20H29N9OS. The Labute approximate surface area is 186 Å². The third-order valence-corrected chi connectivity index (χ3v) is 7.59. The molecule has 0 radical (unpaired) electrons. The van der Waals surface area contributed by atoms with E-state index in [1.165, 1.54) is 6.42 Å². The Morgan fingerprint density at radius 1 is 1.23 bits per heavy atom. The van der Waals surface area contributed by atoms with Gasteiger partial charge in [0.05, 0.1) is 28.5 Å². The van der Waals surface area contributed by atoms with Gasteiger partial charge in [0, 0.05) is 6.54 Å². The number of hydrogen-bond acceptors (Lipinski definition) is 6. The van der Waals surface area contributed by atoms with E-state index in [4.69, 9.17) is 12.2 Å². The number of carbonyl (C=O) groups is 1. The summed E-state index contributed by atoms with van der Waals surface area (Å²) in [4.78, 5) is 15.2. The number of tetrazole rings is 1. The molecule has 31 heavy (non-hydrogen) atoms. The van der Waals surface area contributed by atoms with Gasteiger partial charge in [0.25, 0.3) is 0 Å². The second-order valence-electron chi connectivity index (χ2n) is 9.58. The number of hydrazine groups is 1. The van der Waals surface area contributed by atoms with Crippen molar-refractivity contribution in [2.75, 3.05) is 5.32 Å². The van der Waals surface area contributed by atoms with E-state index in [9.17, 15) is 4.79 Å². The summed E-state index contributed by atoms with van der Waals surface area (Å²) in [6, 6.07) is 0. The van der Waals surface area contributed by atoms with Crippen LogP contribution in [-0.2, 0) is 16.9 Å². The SMILES string of the molecule is CCn1ncc(NC(=S)NNC(=O)C23C[C@@H]4C[C@@H](C2)CC(n2nnc(C)n2)(C4)C3)c1C. The molecule has 4 saturated carbocycles. The lowest BCUT2D eigenvalue weighted by Gasteiger charge is -2.60. The van der Waals surface area contributed by atoms with Crippen molar-refractivity contribution in [2.45, 2.75) is 71.4 Å². The normalized spacial score (nSPS) is 30.9. The summed E-state index contributed by atoms with van der Waals surface area (Å²) in [5, 5.41) is 20.7. The summed E-state index contributed by atoms with van der Waals surface area (Å²) in [5.41, 5.74) is 6.99. The average Bonchev–Trinajstić information content (AvgIpc) is 3.31. The third kappa shape index (κ3) is 3.38. The molecule has 10 nitrogen and oxygen atoms in total. The predicted octanol–water partition coefficient (Wildman–Crippen LogP) is 1.82. The van der Waals surface area contributed by atoms with Crippen LogP contribution in [-0.4, -0.2) is 41.0 Å². The third-order valence-electron chi connectivity index (χ3n) is 7.39. The highest BCUT2D eigenvalue weighted by Crippen LogP contribution is 2.63. The fourth-order valence-electron chi connectivity index (χ4n) is 6.49. The number of rotatable bonds is 4. The Bertz CT molecular complexity index is 1010. The maximum atomic E-state index is 13.4. The molecular weight excluding hydrogens is 414 g/mol. The van der Waals surface area contributed by atoms with Gasteiger partial charge in [-0.3, -0.25) is 20.3 Å². The smallest absolute Gasteiger partial charge is 0.244 e. The molecule has 2 atom stereocenters. The van der Waals surface area contributed by atoms with E-state index in [0.717, 1.165) is 50.0 Å². The Balaban J connectivity index is 1.28. The quantitative estimate of drug-likeness (QED) is 0.484. The minimum atomic E-state index is -0.419. The molecule has 0 spiro atoms. The van der Waals surface area contributed by atoms with Crippen LogP contribution in [0.15, 0.2) is 6.20 Å². The van der Waals surface area contributed by atoms with Crippen LogP contribution in [0.5, 0.6) is 0 Å². The summed E-state index contributed by atoms with van der Waals surface area (Å²) in [6.45, 7) is 6.66. The number of hydrogen-bond donors (Lipinski definition) is 3. The van der Waals surface area contributed by atoms with Gasteiger partial charge in [-0.05, 0) is 88.6 Å². The van der Waals surface area contributed by atoms with Gasteiger partial charge in [0.2, 0.25) is 5.91 Å². The van der Waals surface area contributed by atoms with Crippen LogP contribution in [0.3, 0.4) is 0 Å². The Morgan fingerprint density at radius 3 is 2.58 bits per heavy atom. The summed E-state index contributed by atoms with van der Waals surface area (Å²) >= 11 is 5.40. The first-order valence-electron chi connectivity index (χ1n) is 11.0. The molecule has 11 heteroatoms. The number of nitrogens with one attached hydrogen (secondary N) is 3. The van der Waals surface area contributed by atoms with Gasteiger partial charge in [-0.2, -0.15) is 9.90 Å². The zero-order chi connectivity index (χ0) is 21.8. The zero-order valence-corrected chi connectivity index (χ0v) is 19.0. The summed E-state index contributed by atoms with van der Waals surface area (Å²) < 4.78 is 1.89. The van der Waals surface area contributed by atoms with Crippen molar-refractivity contribution in [1.82, 2.24) is 40.8 Å². The molecule has 2 aromatic rings. The molecule has 4 bridgehead atoms.